The SMILES string of the molecule is Cc1ccccc1OC(=O)c1ccc(NC(N)=O)cc1. The van der Waals surface area contributed by atoms with E-state index in [0.717, 1.165) is 5.56 Å². The van der Waals surface area contributed by atoms with Gasteiger partial charge >= 0.3 is 12.0 Å². The molecule has 5 nitrogen and oxygen atoms in total. The molecule has 0 aliphatic heterocycles. The van der Waals surface area contributed by atoms with Crippen LogP contribution < -0.4 is 15.8 Å². The number of carbonyl (C=O) groups is 2. The number of hydrogen-bond donors (Lipinski definition) is 2. The maximum atomic E-state index is 12.0. The Morgan fingerprint density at radius 2 is 1.70 bits per heavy atom. The van der Waals surface area contributed by atoms with Crippen molar-refractivity contribution >= 4 is 17.7 Å². The molecule has 2 rings (SSSR count). The van der Waals surface area contributed by atoms with Crippen LogP contribution in [0, 0.1) is 6.92 Å². The monoisotopic (exact) mass is 270 g/mol. The average molecular weight is 270 g/mol. The largest absolute Gasteiger partial charge is 0.423 e. The van der Waals surface area contributed by atoms with E-state index in [1.165, 1.54) is 0 Å². The van der Waals surface area contributed by atoms with Crippen LogP contribution in [0.5, 0.6) is 5.75 Å². The summed E-state index contributed by atoms with van der Waals surface area (Å²) in [5, 5.41) is 2.42. The number of anilines is 1. The standard InChI is InChI=1S/C15H14N2O3/c1-10-4-2-3-5-13(10)20-14(18)11-6-8-12(9-7-11)17-15(16)19/h2-9H,1H3,(H3,16,17,19). The minimum Gasteiger partial charge on any atom is -0.423 e. The number of ether oxygens (including phenoxy) is 1. The molecule has 0 spiro atoms. The molecule has 5 heteroatoms. The van der Waals surface area contributed by atoms with Gasteiger partial charge in [-0.3, -0.25) is 0 Å². The third kappa shape index (κ3) is 3.35. The molecule has 0 radical (unpaired) electrons. The van der Waals surface area contributed by atoms with E-state index in [4.69, 9.17) is 10.5 Å². The number of amides is 2. The van der Waals surface area contributed by atoms with Crippen molar-refractivity contribution in [3.8, 4) is 5.75 Å². The van der Waals surface area contributed by atoms with E-state index < -0.39 is 12.0 Å². The lowest BCUT2D eigenvalue weighted by Gasteiger charge is -2.07. The highest BCUT2D eigenvalue weighted by atomic mass is 16.5. The first-order chi connectivity index (χ1) is 9.56. The summed E-state index contributed by atoms with van der Waals surface area (Å²) in [7, 11) is 0. The van der Waals surface area contributed by atoms with Gasteiger partial charge in [-0.25, -0.2) is 9.59 Å². The number of esters is 1. The first-order valence-corrected chi connectivity index (χ1v) is 6.00. The number of carbonyl (C=O) groups excluding carboxylic acids is 2. The molecule has 2 amide bonds. The minimum atomic E-state index is -0.653. The Labute approximate surface area is 116 Å². The van der Waals surface area contributed by atoms with Gasteiger partial charge in [-0.1, -0.05) is 18.2 Å². The van der Waals surface area contributed by atoms with Crippen LogP contribution in [0.2, 0.25) is 0 Å². The summed E-state index contributed by atoms with van der Waals surface area (Å²) in [5.41, 5.74) is 6.79. The van der Waals surface area contributed by atoms with Crippen LogP contribution in [0.4, 0.5) is 10.5 Å². The number of aryl methyl sites for hydroxylation is 1. The Bertz CT molecular complexity index is 636. The van der Waals surface area contributed by atoms with Crippen LogP contribution in [-0.2, 0) is 0 Å². The molecule has 3 N–H and O–H groups in total. The van der Waals surface area contributed by atoms with Gasteiger partial charge in [-0.2, -0.15) is 0 Å². The molecule has 0 aromatic heterocycles. The fourth-order valence-electron chi connectivity index (χ4n) is 1.66. The molecule has 0 atom stereocenters. The number of hydrogen-bond acceptors (Lipinski definition) is 3. The van der Waals surface area contributed by atoms with Crippen LogP contribution in [0.25, 0.3) is 0 Å². The highest BCUT2D eigenvalue weighted by molar-refractivity contribution is 5.93. The number of urea groups is 1. The highest BCUT2D eigenvalue weighted by Crippen LogP contribution is 2.18. The fraction of sp³-hybridized carbons (Fsp3) is 0.0667. The van der Waals surface area contributed by atoms with Crippen LogP contribution in [0.1, 0.15) is 15.9 Å². The van der Waals surface area contributed by atoms with E-state index in [1.807, 2.05) is 19.1 Å². The number of benzene rings is 2. The van der Waals surface area contributed by atoms with Crippen LogP contribution in [0.15, 0.2) is 48.5 Å². The Hall–Kier alpha value is -2.82. The second-order valence-corrected chi connectivity index (χ2v) is 4.22. The van der Waals surface area contributed by atoms with Gasteiger partial charge in [0.2, 0.25) is 0 Å². The van der Waals surface area contributed by atoms with Crippen molar-refractivity contribution in [2.24, 2.45) is 5.73 Å². The van der Waals surface area contributed by atoms with Gasteiger partial charge in [0.05, 0.1) is 5.56 Å². The van der Waals surface area contributed by atoms with Gasteiger partial charge in [-0.05, 0) is 42.8 Å². The second kappa shape index (κ2) is 5.88. The number of nitrogens with one attached hydrogen (secondary N) is 1. The summed E-state index contributed by atoms with van der Waals surface area (Å²) in [6.07, 6.45) is 0. The van der Waals surface area contributed by atoms with Crippen LogP contribution in [-0.4, -0.2) is 12.0 Å². The van der Waals surface area contributed by atoms with Gasteiger partial charge in [0, 0.05) is 5.69 Å². The molecule has 0 fully saturated rings. The van der Waals surface area contributed by atoms with Crippen molar-refractivity contribution in [2.75, 3.05) is 5.32 Å². The zero-order valence-electron chi connectivity index (χ0n) is 10.9. The zero-order valence-corrected chi connectivity index (χ0v) is 10.9. The lowest BCUT2D eigenvalue weighted by Crippen LogP contribution is -2.19. The number of nitrogens with two attached hydrogens (primary N) is 1. The molecule has 0 saturated carbocycles. The first kappa shape index (κ1) is 13.6. The Kier molecular flexibility index (Phi) is 4.00. The summed E-state index contributed by atoms with van der Waals surface area (Å²) in [4.78, 5) is 22.7. The van der Waals surface area contributed by atoms with Gasteiger partial charge in [-0.15, -0.1) is 0 Å². The highest BCUT2D eigenvalue weighted by Gasteiger charge is 2.10. The predicted octanol–water partition coefficient (Wildman–Crippen LogP) is 2.70. The van der Waals surface area contributed by atoms with Crippen molar-refractivity contribution in [1.29, 1.82) is 0 Å². The molecule has 0 saturated heterocycles. The number of para-hydroxylation sites is 1. The van der Waals surface area contributed by atoms with E-state index in [2.05, 4.69) is 5.32 Å². The molecule has 0 unspecified atom stereocenters. The number of rotatable bonds is 3. The molecule has 102 valence electrons. The average Bonchev–Trinajstić information content (AvgIpc) is 2.41. The van der Waals surface area contributed by atoms with Crippen molar-refractivity contribution in [3.05, 3.63) is 59.7 Å². The van der Waals surface area contributed by atoms with Crippen molar-refractivity contribution in [1.82, 2.24) is 0 Å². The quantitative estimate of drug-likeness (QED) is 0.664. The molecule has 2 aromatic rings. The molecule has 0 aliphatic rings. The Morgan fingerprint density at radius 3 is 2.30 bits per heavy atom. The molecular weight excluding hydrogens is 256 g/mol. The smallest absolute Gasteiger partial charge is 0.343 e. The van der Waals surface area contributed by atoms with E-state index in [-0.39, 0.29) is 0 Å². The van der Waals surface area contributed by atoms with Gasteiger partial charge in [0.1, 0.15) is 5.75 Å². The summed E-state index contributed by atoms with van der Waals surface area (Å²) >= 11 is 0. The summed E-state index contributed by atoms with van der Waals surface area (Å²) in [5.74, 6) is 0.0711. The minimum absolute atomic E-state index is 0.392. The third-order valence-corrected chi connectivity index (χ3v) is 2.68. The Balaban J connectivity index is 2.10. The topological polar surface area (TPSA) is 81.4 Å². The summed E-state index contributed by atoms with van der Waals surface area (Å²) < 4.78 is 5.30. The molecule has 0 bridgehead atoms. The molecule has 0 aliphatic carbocycles. The molecular formula is C15H14N2O3. The van der Waals surface area contributed by atoms with Crippen molar-refractivity contribution in [3.63, 3.8) is 0 Å². The van der Waals surface area contributed by atoms with E-state index in [0.29, 0.717) is 17.0 Å². The van der Waals surface area contributed by atoms with Crippen molar-refractivity contribution < 1.29 is 14.3 Å². The second-order valence-electron chi connectivity index (χ2n) is 4.22. The number of primary amides is 1. The molecule has 0 heterocycles. The predicted molar refractivity (Wildman–Crippen MR) is 75.8 cm³/mol. The van der Waals surface area contributed by atoms with Gasteiger partial charge in [0.25, 0.3) is 0 Å². The fourth-order valence-corrected chi connectivity index (χ4v) is 1.66. The Morgan fingerprint density at radius 1 is 1.05 bits per heavy atom. The van der Waals surface area contributed by atoms with Crippen LogP contribution in [0.3, 0.4) is 0 Å². The van der Waals surface area contributed by atoms with Crippen molar-refractivity contribution in [2.45, 2.75) is 6.92 Å². The lowest BCUT2D eigenvalue weighted by molar-refractivity contribution is 0.0733. The zero-order chi connectivity index (χ0) is 14.5. The third-order valence-electron chi connectivity index (χ3n) is 2.68. The normalized spacial score (nSPS) is 9.85. The maximum absolute atomic E-state index is 12.0. The van der Waals surface area contributed by atoms with E-state index in [1.54, 1.807) is 36.4 Å². The summed E-state index contributed by atoms with van der Waals surface area (Å²) in [6, 6.07) is 12.9. The van der Waals surface area contributed by atoms with Crippen LogP contribution >= 0.6 is 0 Å². The van der Waals surface area contributed by atoms with Gasteiger partial charge in [0.15, 0.2) is 0 Å². The van der Waals surface area contributed by atoms with Gasteiger partial charge < -0.3 is 15.8 Å². The van der Waals surface area contributed by atoms with E-state index in [9.17, 15) is 9.59 Å². The maximum Gasteiger partial charge on any atom is 0.343 e. The molecule has 2 aromatic carbocycles. The van der Waals surface area contributed by atoms with E-state index >= 15 is 0 Å². The first-order valence-electron chi connectivity index (χ1n) is 6.00. The summed E-state index contributed by atoms with van der Waals surface area (Å²) in [6.45, 7) is 1.86. The lowest BCUT2D eigenvalue weighted by atomic mass is 10.2. The molecule has 20 heavy (non-hydrogen) atoms.